The van der Waals surface area contributed by atoms with Crippen LogP contribution < -0.4 is 0 Å². The maximum Gasteiger partial charge on any atom is 0.427 e. The highest BCUT2D eigenvalue weighted by Crippen LogP contribution is 2.28. The van der Waals surface area contributed by atoms with E-state index in [1.807, 2.05) is 13.8 Å². The lowest BCUT2D eigenvalue weighted by Crippen LogP contribution is -2.64. The highest BCUT2D eigenvalue weighted by atomic mass is 28.4. The molecule has 0 bridgehead atoms. The summed E-state index contributed by atoms with van der Waals surface area (Å²) < 4.78 is 27.2. The van der Waals surface area contributed by atoms with Crippen LogP contribution in [-0.4, -0.2) is 86.4 Å². The van der Waals surface area contributed by atoms with E-state index >= 15 is 0 Å². The molecule has 0 spiro atoms. The molecule has 1 saturated heterocycles. The average molecular weight is 379 g/mol. The smallest absolute Gasteiger partial charge is 0.395 e. The molecule has 0 saturated carbocycles. The van der Waals surface area contributed by atoms with E-state index in [1.165, 1.54) is 0 Å². The van der Waals surface area contributed by atoms with Crippen LogP contribution in [0.3, 0.4) is 0 Å². The third-order valence-corrected chi connectivity index (χ3v) is 11.7. The first-order chi connectivity index (χ1) is 11.4. The summed E-state index contributed by atoms with van der Waals surface area (Å²) in [7, 11) is -2.39. The summed E-state index contributed by atoms with van der Waals surface area (Å²) in [5.41, 5.74) is 0. The minimum absolute atomic E-state index is 0.695. The van der Waals surface area contributed by atoms with Gasteiger partial charge in [-0.15, -0.1) is 0 Å². The highest BCUT2D eigenvalue weighted by molar-refractivity contribution is 6.71. The highest BCUT2D eigenvalue weighted by Gasteiger charge is 2.48. The van der Waals surface area contributed by atoms with Crippen LogP contribution in [0, 0.1) is 0 Å². The van der Waals surface area contributed by atoms with Gasteiger partial charge in [-0.3, -0.25) is 4.57 Å². The standard InChI is InChI=1S/C16H38N2O4Si2/c1-7-19-23(6,20-8-2)15-16-24(21-9-3,22-10-4)18-13-11-17(5)12-14-18/h7-16H2,1-6H3. The SMILES string of the molecule is CCO[Si](C)(CC[Si](OCC)(OCC)N1CCN(C)CC1)OCC. The molecule has 1 aliphatic heterocycles. The fourth-order valence-electron chi connectivity index (χ4n) is 3.31. The Bertz CT molecular complexity index is 330. The summed E-state index contributed by atoms with van der Waals surface area (Å²) in [6.45, 7) is 17.4. The summed E-state index contributed by atoms with van der Waals surface area (Å²) in [5.74, 6) is 0. The fraction of sp³-hybridized carbons (Fsp3) is 1.00. The Morgan fingerprint density at radius 1 is 0.708 bits per heavy atom. The number of piperazine rings is 1. The van der Waals surface area contributed by atoms with Gasteiger partial charge in [-0.05, 0) is 47.3 Å². The van der Waals surface area contributed by atoms with Crippen molar-refractivity contribution >= 4 is 17.3 Å². The molecule has 1 aliphatic rings. The molecule has 24 heavy (non-hydrogen) atoms. The van der Waals surface area contributed by atoms with E-state index in [4.69, 9.17) is 17.7 Å². The van der Waals surface area contributed by atoms with Gasteiger partial charge in [0.15, 0.2) is 0 Å². The second-order valence-corrected chi connectivity index (χ2v) is 12.8. The van der Waals surface area contributed by atoms with E-state index in [0.29, 0.717) is 26.4 Å². The van der Waals surface area contributed by atoms with Gasteiger partial charge in [-0.2, -0.15) is 0 Å². The van der Waals surface area contributed by atoms with Crippen molar-refractivity contribution in [3.8, 4) is 0 Å². The van der Waals surface area contributed by atoms with Crippen molar-refractivity contribution < 1.29 is 17.7 Å². The molecular formula is C16H38N2O4Si2. The van der Waals surface area contributed by atoms with Crippen molar-refractivity contribution in [2.24, 2.45) is 0 Å². The van der Waals surface area contributed by atoms with Crippen molar-refractivity contribution in [2.45, 2.75) is 46.3 Å². The Kier molecular flexibility index (Phi) is 10.2. The number of hydrogen-bond donors (Lipinski definition) is 0. The van der Waals surface area contributed by atoms with Crippen molar-refractivity contribution in [3.05, 3.63) is 0 Å². The van der Waals surface area contributed by atoms with E-state index in [1.54, 1.807) is 0 Å². The topological polar surface area (TPSA) is 43.4 Å². The number of rotatable bonds is 12. The van der Waals surface area contributed by atoms with Gasteiger partial charge in [0, 0.05) is 58.7 Å². The summed E-state index contributed by atoms with van der Waals surface area (Å²) in [6.07, 6.45) is 0. The van der Waals surface area contributed by atoms with Gasteiger partial charge in [0.05, 0.1) is 0 Å². The molecule has 0 aliphatic carbocycles. The van der Waals surface area contributed by atoms with Gasteiger partial charge >= 0.3 is 17.3 Å². The Hall–Kier alpha value is 0.194. The maximum absolute atomic E-state index is 6.33. The molecule has 0 aromatic heterocycles. The molecule has 144 valence electrons. The van der Waals surface area contributed by atoms with Crippen LogP contribution in [0.5, 0.6) is 0 Å². The first-order valence-corrected chi connectivity index (χ1v) is 13.9. The van der Waals surface area contributed by atoms with Crippen molar-refractivity contribution in [1.29, 1.82) is 0 Å². The van der Waals surface area contributed by atoms with Crippen LogP contribution >= 0.6 is 0 Å². The minimum atomic E-state index is -2.41. The molecule has 0 unspecified atom stereocenters. The monoisotopic (exact) mass is 378 g/mol. The second kappa shape index (κ2) is 11.0. The van der Waals surface area contributed by atoms with E-state index < -0.39 is 17.3 Å². The van der Waals surface area contributed by atoms with E-state index in [2.05, 4.69) is 36.9 Å². The molecule has 1 heterocycles. The number of nitrogens with zero attached hydrogens (tertiary/aromatic N) is 2. The summed E-state index contributed by atoms with van der Waals surface area (Å²) in [6, 6.07) is 1.84. The Morgan fingerprint density at radius 2 is 1.17 bits per heavy atom. The molecule has 0 aromatic carbocycles. The Labute approximate surface area is 151 Å². The van der Waals surface area contributed by atoms with E-state index in [9.17, 15) is 0 Å². The van der Waals surface area contributed by atoms with Crippen molar-refractivity contribution in [1.82, 2.24) is 9.47 Å². The summed E-state index contributed by atoms with van der Waals surface area (Å²) >= 11 is 0. The lowest BCUT2D eigenvalue weighted by atomic mass is 10.4. The van der Waals surface area contributed by atoms with Crippen LogP contribution in [0.25, 0.3) is 0 Å². The molecule has 0 N–H and O–H groups in total. The van der Waals surface area contributed by atoms with Crippen LogP contribution in [-0.2, 0) is 17.7 Å². The Balaban J connectivity index is 2.87. The maximum atomic E-state index is 6.33. The molecular weight excluding hydrogens is 340 g/mol. The quantitative estimate of drug-likeness (QED) is 0.486. The molecule has 0 atom stereocenters. The third kappa shape index (κ3) is 6.49. The van der Waals surface area contributed by atoms with Crippen molar-refractivity contribution in [2.75, 3.05) is 59.7 Å². The normalized spacial score (nSPS) is 18.2. The van der Waals surface area contributed by atoms with Crippen LogP contribution in [0.15, 0.2) is 0 Å². The van der Waals surface area contributed by atoms with Gasteiger partial charge in [0.25, 0.3) is 0 Å². The van der Waals surface area contributed by atoms with Gasteiger partial charge in [-0.1, -0.05) is 0 Å². The minimum Gasteiger partial charge on any atom is -0.395 e. The molecule has 0 aromatic rings. The average Bonchev–Trinajstić information content (AvgIpc) is 2.54. The zero-order valence-corrected chi connectivity index (χ0v) is 18.6. The van der Waals surface area contributed by atoms with E-state index in [0.717, 1.165) is 38.3 Å². The van der Waals surface area contributed by atoms with Gasteiger partial charge in [-0.25, -0.2) is 0 Å². The second-order valence-electron chi connectivity index (χ2n) is 6.37. The lowest BCUT2D eigenvalue weighted by molar-refractivity contribution is 0.0935. The largest absolute Gasteiger partial charge is 0.427 e. The van der Waals surface area contributed by atoms with Gasteiger partial charge < -0.3 is 22.6 Å². The molecule has 6 nitrogen and oxygen atoms in total. The lowest BCUT2D eigenvalue weighted by Gasteiger charge is -2.44. The van der Waals surface area contributed by atoms with Crippen LogP contribution in [0.4, 0.5) is 0 Å². The molecule has 8 heteroatoms. The summed E-state index contributed by atoms with van der Waals surface area (Å²) in [4.78, 5) is 2.37. The molecule has 1 fully saturated rings. The van der Waals surface area contributed by atoms with Gasteiger partial charge in [0.1, 0.15) is 0 Å². The molecule has 0 radical (unpaired) electrons. The molecule has 0 amide bonds. The van der Waals surface area contributed by atoms with Gasteiger partial charge in [0.2, 0.25) is 0 Å². The first-order valence-electron chi connectivity index (χ1n) is 9.44. The third-order valence-electron chi connectivity index (χ3n) is 4.52. The Morgan fingerprint density at radius 3 is 1.58 bits per heavy atom. The zero-order valence-electron chi connectivity index (χ0n) is 16.6. The van der Waals surface area contributed by atoms with E-state index in [-0.39, 0.29) is 0 Å². The van der Waals surface area contributed by atoms with Crippen molar-refractivity contribution in [3.63, 3.8) is 0 Å². The first kappa shape index (κ1) is 22.2. The van der Waals surface area contributed by atoms with Crippen LogP contribution in [0.1, 0.15) is 27.7 Å². The fourth-order valence-corrected chi connectivity index (χ4v) is 10.8. The number of hydrogen-bond acceptors (Lipinski definition) is 6. The predicted molar refractivity (Wildman–Crippen MR) is 103 cm³/mol. The molecule has 1 rings (SSSR count). The van der Waals surface area contributed by atoms with Crippen LogP contribution in [0.2, 0.25) is 18.6 Å². The summed E-state index contributed by atoms with van der Waals surface area (Å²) in [5, 5.41) is 0. The zero-order chi connectivity index (χ0) is 18.1. The predicted octanol–water partition coefficient (Wildman–Crippen LogP) is 2.39. The number of likely N-dealkylation sites (N-methyl/N-ethyl adjacent to an activating group) is 1.